The smallest absolute Gasteiger partial charge is 0.233 e. The van der Waals surface area contributed by atoms with Crippen LogP contribution in [-0.2, 0) is 4.79 Å². The van der Waals surface area contributed by atoms with Crippen molar-refractivity contribution in [2.75, 3.05) is 0 Å². The maximum atomic E-state index is 12.5. The van der Waals surface area contributed by atoms with E-state index in [1.54, 1.807) is 0 Å². The SMILES string of the molecule is C[C@@H]1CCCC[C@H]1NC(=O)[C@@H](C)Sc1ccc2ccccc2n1. The second kappa shape index (κ2) is 7.35. The quantitative estimate of drug-likeness (QED) is 0.845. The summed E-state index contributed by atoms with van der Waals surface area (Å²) in [5.41, 5.74) is 0.978. The highest BCUT2D eigenvalue weighted by molar-refractivity contribution is 8.00. The highest BCUT2D eigenvalue weighted by atomic mass is 32.2. The Morgan fingerprint density at radius 2 is 2.00 bits per heavy atom. The van der Waals surface area contributed by atoms with Crippen LogP contribution in [0.25, 0.3) is 10.9 Å². The Kier molecular flexibility index (Phi) is 5.21. The minimum Gasteiger partial charge on any atom is -0.352 e. The zero-order valence-electron chi connectivity index (χ0n) is 13.8. The molecule has 1 aromatic carbocycles. The van der Waals surface area contributed by atoms with Crippen molar-refractivity contribution >= 4 is 28.6 Å². The topological polar surface area (TPSA) is 42.0 Å². The number of fused-ring (bicyclic) bond motifs is 1. The lowest BCUT2D eigenvalue weighted by molar-refractivity contribution is -0.121. The fraction of sp³-hybridized carbons (Fsp3) is 0.474. The van der Waals surface area contributed by atoms with Crippen molar-refractivity contribution in [1.29, 1.82) is 0 Å². The first-order valence-electron chi connectivity index (χ1n) is 8.46. The highest BCUT2D eigenvalue weighted by Crippen LogP contribution is 2.26. The molecule has 0 bridgehead atoms. The Bertz CT molecular complexity index is 688. The van der Waals surface area contributed by atoms with E-state index in [0.717, 1.165) is 22.3 Å². The number of amides is 1. The van der Waals surface area contributed by atoms with E-state index in [4.69, 9.17) is 0 Å². The summed E-state index contributed by atoms with van der Waals surface area (Å²) < 4.78 is 0. The van der Waals surface area contributed by atoms with Crippen LogP contribution in [0.4, 0.5) is 0 Å². The highest BCUT2D eigenvalue weighted by Gasteiger charge is 2.25. The first kappa shape index (κ1) is 16.3. The molecule has 1 N–H and O–H groups in total. The molecule has 1 aliphatic rings. The number of aromatic nitrogens is 1. The Balaban J connectivity index is 1.62. The number of hydrogen-bond acceptors (Lipinski definition) is 3. The number of carbonyl (C=O) groups is 1. The van der Waals surface area contributed by atoms with Gasteiger partial charge in [-0.3, -0.25) is 4.79 Å². The van der Waals surface area contributed by atoms with E-state index in [9.17, 15) is 4.79 Å². The van der Waals surface area contributed by atoms with Crippen LogP contribution in [-0.4, -0.2) is 22.2 Å². The largest absolute Gasteiger partial charge is 0.352 e. The third kappa shape index (κ3) is 4.05. The van der Waals surface area contributed by atoms with E-state index in [0.29, 0.717) is 12.0 Å². The second-order valence-electron chi connectivity index (χ2n) is 6.48. The van der Waals surface area contributed by atoms with Crippen LogP contribution in [0, 0.1) is 5.92 Å². The lowest BCUT2D eigenvalue weighted by Gasteiger charge is -2.30. The van der Waals surface area contributed by atoms with E-state index in [1.165, 1.54) is 31.0 Å². The van der Waals surface area contributed by atoms with E-state index in [2.05, 4.69) is 29.4 Å². The second-order valence-corrected chi connectivity index (χ2v) is 7.84. The number of carbonyl (C=O) groups excluding carboxylic acids is 1. The molecule has 0 unspecified atom stereocenters. The number of hydrogen-bond donors (Lipinski definition) is 1. The van der Waals surface area contributed by atoms with Gasteiger partial charge >= 0.3 is 0 Å². The van der Waals surface area contributed by atoms with Gasteiger partial charge in [-0.25, -0.2) is 4.98 Å². The maximum Gasteiger partial charge on any atom is 0.233 e. The fourth-order valence-electron chi connectivity index (χ4n) is 3.18. The number of benzene rings is 1. The van der Waals surface area contributed by atoms with Crippen molar-refractivity contribution in [3.05, 3.63) is 36.4 Å². The van der Waals surface area contributed by atoms with Gasteiger partial charge in [0.15, 0.2) is 0 Å². The van der Waals surface area contributed by atoms with Gasteiger partial charge < -0.3 is 5.32 Å². The van der Waals surface area contributed by atoms with Gasteiger partial charge in [0.05, 0.1) is 15.8 Å². The molecule has 1 aliphatic carbocycles. The number of nitrogens with one attached hydrogen (secondary N) is 1. The predicted molar refractivity (Wildman–Crippen MR) is 96.6 cm³/mol. The molecule has 2 aromatic rings. The standard InChI is InChI=1S/C19H24N2OS/c1-13-7-3-5-9-16(13)21-19(22)14(2)23-18-12-11-15-8-4-6-10-17(15)20-18/h4,6,8,10-14,16H,3,5,7,9H2,1-2H3,(H,21,22)/t13-,14-,16-/m1/s1. The molecule has 3 rings (SSSR count). The number of thioether (sulfide) groups is 1. The molecule has 3 atom stereocenters. The molecule has 0 spiro atoms. The van der Waals surface area contributed by atoms with E-state index < -0.39 is 0 Å². The van der Waals surface area contributed by atoms with Crippen LogP contribution in [0.3, 0.4) is 0 Å². The van der Waals surface area contributed by atoms with Crippen molar-refractivity contribution in [3.8, 4) is 0 Å². The van der Waals surface area contributed by atoms with Gasteiger partial charge in [0, 0.05) is 11.4 Å². The van der Waals surface area contributed by atoms with E-state index >= 15 is 0 Å². The summed E-state index contributed by atoms with van der Waals surface area (Å²) in [6, 6.07) is 12.5. The number of pyridine rings is 1. The summed E-state index contributed by atoms with van der Waals surface area (Å²) in [5, 5.41) is 5.15. The third-order valence-electron chi connectivity index (χ3n) is 4.68. The lowest BCUT2D eigenvalue weighted by Crippen LogP contribution is -2.44. The Labute approximate surface area is 142 Å². The van der Waals surface area contributed by atoms with E-state index in [-0.39, 0.29) is 11.2 Å². The van der Waals surface area contributed by atoms with Gasteiger partial charge in [0.1, 0.15) is 0 Å². The summed E-state index contributed by atoms with van der Waals surface area (Å²) in [4.78, 5) is 17.1. The molecule has 1 fully saturated rings. The third-order valence-corrected chi connectivity index (χ3v) is 5.72. The zero-order valence-corrected chi connectivity index (χ0v) is 14.6. The normalized spacial score (nSPS) is 22.7. The van der Waals surface area contributed by atoms with Crippen molar-refractivity contribution < 1.29 is 4.79 Å². The summed E-state index contributed by atoms with van der Waals surface area (Å²) in [5.74, 6) is 0.715. The van der Waals surface area contributed by atoms with Crippen LogP contribution < -0.4 is 5.32 Å². The number of para-hydroxylation sites is 1. The summed E-state index contributed by atoms with van der Waals surface area (Å²) >= 11 is 1.53. The molecule has 1 aromatic heterocycles. The average molecular weight is 328 g/mol. The van der Waals surface area contributed by atoms with Crippen LogP contribution in [0.1, 0.15) is 39.5 Å². The van der Waals surface area contributed by atoms with Crippen LogP contribution in [0.5, 0.6) is 0 Å². The Morgan fingerprint density at radius 1 is 1.22 bits per heavy atom. The van der Waals surface area contributed by atoms with Crippen molar-refractivity contribution in [2.45, 2.75) is 55.8 Å². The number of nitrogens with zero attached hydrogens (tertiary/aromatic N) is 1. The number of rotatable bonds is 4. The molecule has 122 valence electrons. The molecule has 1 amide bonds. The first-order valence-corrected chi connectivity index (χ1v) is 9.34. The molecule has 4 heteroatoms. The monoisotopic (exact) mass is 328 g/mol. The molecule has 1 saturated carbocycles. The first-order chi connectivity index (χ1) is 11.1. The van der Waals surface area contributed by atoms with Gasteiger partial charge in [-0.05, 0) is 37.8 Å². The minimum absolute atomic E-state index is 0.127. The van der Waals surface area contributed by atoms with Crippen LogP contribution in [0.15, 0.2) is 41.4 Å². The summed E-state index contributed by atoms with van der Waals surface area (Å²) in [7, 11) is 0. The van der Waals surface area contributed by atoms with Crippen LogP contribution >= 0.6 is 11.8 Å². The van der Waals surface area contributed by atoms with Crippen molar-refractivity contribution in [2.24, 2.45) is 5.92 Å². The molecule has 0 aliphatic heterocycles. The lowest BCUT2D eigenvalue weighted by atomic mass is 9.86. The fourth-order valence-corrected chi connectivity index (χ4v) is 4.01. The molecular formula is C19H24N2OS. The molecular weight excluding hydrogens is 304 g/mol. The molecule has 0 radical (unpaired) electrons. The van der Waals surface area contributed by atoms with Gasteiger partial charge in [0.2, 0.25) is 5.91 Å². The molecule has 1 heterocycles. The van der Waals surface area contributed by atoms with Crippen molar-refractivity contribution in [1.82, 2.24) is 10.3 Å². The summed E-state index contributed by atoms with van der Waals surface area (Å²) in [6.07, 6.45) is 4.85. The van der Waals surface area contributed by atoms with Gasteiger partial charge in [-0.15, -0.1) is 0 Å². The minimum atomic E-state index is -0.127. The average Bonchev–Trinajstić information content (AvgIpc) is 2.56. The summed E-state index contributed by atoms with van der Waals surface area (Å²) in [6.45, 7) is 4.21. The Hall–Kier alpha value is -1.55. The molecule has 23 heavy (non-hydrogen) atoms. The molecule has 0 saturated heterocycles. The van der Waals surface area contributed by atoms with Gasteiger partial charge in [-0.1, -0.05) is 55.8 Å². The molecule has 3 nitrogen and oxygen atoms in total. The van der Waals surface area contributed by atoms with Crippen molar-refractivity contribution in [3.63, 3.8) is 0 Å². The van der Waals surface area contributed by atoms with E-state index in [1.807, 2.05) is 31.2 Å². The van der Waals surface area contributed by atoms with Gasteiger partial charge in [0.25, 0.3) is 0 Å². The van der Waals surface area contributed by atoms with Gasteiger partial charge in [-0.2, -0.15) is 0 Å². The maximum absolute atomic E-state index is 12.5. The van der Waals surface area contributed by atoms with Crippen LogP contribution in [0.2, 0.25) is 0 Å². The predicted octanol–water partition coefficient (Wildman–Crippen LogP) is 4.41. The Morgan fingerprint density at radius 3 is 2.83 bits per heavy atom. The zero-order chi connectivity index (χ0) is 16.2.